The lowest BCUT2D eigenvalue weighted by Gasteiger charge is -2.52. The second-order valence-electron chi connectivity index (χ2n) is 6.90. The van der Waals surface area contributed by atoms with Crippen LogP contribution in [0.4, 0.5) is 5.69 Å². The lowest BCUT2D eigenvalue weighted by atomic mass is 9.58. The van der Waals surface area contributed by atoms with Crippen molar-refractivity contribution in [2.75, 3.05) is 5.06 Å². The molecule has 0 unspecified atom stereocenters. The van der Waals surface area contributed by atoms with Gasteiger partial charge in [0.1, 0.15) is 0 Å². The van der Waals surface area contributed by atoms with Crippen molar-refractivity contribution in [1.29, 1.82) is 5.26 Å². The van der Waals surface area contributed by atoms with E-state index in [2.05, 4.69) is 13.0 Å². The molecule has 2 aliphatic rings. The standard InChI is InChI=1S/C18H24N2O/c1-18-12-3-2-5-15(18)6-4-7-17(18)20(21)16-10-8-14(13-19)9-11-16/h8-11,15,17,21H,2-7,12H2,1H3/t15-,17+,18-/m0/s1. The van der Waals surface area contributed by atoms with Crippen LogP contribution in [0.5, 0.6) is 0 Å². The molecule has 0 amide bonds. The topological polar surface area (TPSA) is 47.3 Å². The summed E-state index contributed by atoms with van der Waals surface area (Å²) in [6.45, 7) is 2.37. The number of benzene rings is 1. The second-order valence-corrected chi connectivity index (χ2v) is 6.90. The number of hydrogen-bond acceptors (Lipinski definition) is 3. The number of hydrogen-bond donors (Lipinski definition) is 1. The molecule has 0 saturated heterocycles. The minimum atomic E-state index is 0.199. The molecular weight excluding hydrogens is 260 g/mol. The molecule has 3 rings (SSSR count). The zero-order valence-corrected chi connectivity index (χ0v) is 12.8. The van der Waals surface area contributed by atoms with E-state index >= 15 is 0 Å². The molecule has 0 bridgehead atoms. The van der Waals surface area contributed by atoms with Crippen molar-refractivity contribution < 1.29 is 5.21 Å². The molecule has 0 aromatic heterocycles. The fourth-order valence-electron chi connectivity index (χ4n) is 4.50. The molecule has 21 heavy (non-hydrogen) atoms. The van der Waals surface area contributed by atoms with Gasteiger partial charge >= 0.3 is 0 Å². The molecule has 1 N–H and O–H groups in total. The van der Waals surface area contributed by atoms with Gasteiger partial charge in [0, 0.05) is 0 Å². The van der Waals surface area contributed by atoms with Crippen LogP contribution in [0, 0.1) is 22.7 Å². The summed E-state index contributed by atoms with van der Waals surface area (Å²) < 4.78 is 0. The van der Waals surface area contributed by atoms with Gasteiger partial charge in [0.25, 0.3) is 0 Å². The quantitative estimate of drug-likeness (QED) is 0.813. The fourth-order valence-corrected chi connectivity index (χ4v) is 4.50. The normalized spacial score (nSPS) is 32.0. The van der Waals surface area contributed by atoms with E-state index < -0.39 is 0 Å². The fraction of sp³-hybridized carbons (Fsp3) is 0.611. The van der Waals surface area contributed by atoms with Gasteiger partial charge < -0.3 is 0 Å². The van der Waals surface area contributed by atoms with E-state index in [4.69, 9.17) is 5.26 Å². The van der Waals surface area contributed by atoms with Gasteiger partial charge in [-0.15, -0.1) is 0 Å². The highest BCUT2D eigenvalue weighted by molar-refractivity contribution is 5.48. The summed E-state index contributed by atoms with van der Waals surface area (Å²) in [7, 11) is 0. The van der Waals surface area contributed by atoms with Crippen molar-refractivity contribution in [3.8, 4) is 6.07 Å². The van der Waals surface area contributed by atoms with Gasteiger partial charge in [-0.3, -0.25) is 10.3 Å². The first-order valence-electron chi connectivity index (χ1n) is 8.13. The largest absolute Gasteiger partial charge is 0.288 e. The Balaban J connectivity index is 1.84. The Labute approximate surface area is 127 Å². The number of anilines is 1. The van der Waals surface area contributed by atoms with Crippen molar-refractivity contribution in [2.24, 2.45) is 11.3 Å². The van der Waals surface area contributed by atoms with E-state index in [9.17, 15) is 5.21 Å². The van der Waals surface area contributed by atoms with Crippen molar-refractivity contribution in [3.63, 3.8) is 0 Å². The molecule has 0 radical (unpaired) electrons. The van der Waals surface area contributed by atoms with Crippen molar-refractivity contribution in [2.45, 2.75) is 57.9 Å². The first kappa shape index (κ1) is 14.4. The Morgan fingerprint density at radius 2 is 1.86 bits per heavy atom. The second kappa shape index (κ2) is 5.69. The Morgan fingerprint density at radius 1 is 1.14 bits per heavy atom. The van der Waals surface area contributed by atoms with Gasteiger partial charge in [0.15, 0.2) is 0 Å². The molecule has 1 aromatic rings. The highest BCUT2D eigenvalue weighted by atomic mass is 16.5. The van der Waals surface area contributed by atoms with Gasteiger partial charge in [-0.25, -0.2) is 0 Å². The van der Waals surface area contributed by atoms with E-state index in [0.717, 1.165) is 18.0 Å². The van der Waals surface area contributed by atoms with Gasteiger partial charge in [0.2, 0.25) is 0 Å². The molecule has 0 heterocycles. The molecule has 0 aliphatic heterocycles. The van der Waals surface area contributed by atoms with Crippen LogP contribution in [0.15, 0.2) is 24.3 Å². The summed E-state index contributed by atoms with van der Waals surface area (Å²) >= 11 is 0. The SMILES string of the molecule is C[C@]12CCCC[C@H]1CCC[C@H]2N(O)c1ccc(C#N)cc1. The molecule has 112 valence electrons. The molecule has 3 atom stereocenters. The van der Waals surface area contributed by atoms with Crippen molar-refractivity contribution >= 4 is 5.69 Å². The van der Waals surface area contributed by atoms with E-state index in [1.54, 1.807) is 12.1 Å². The Kier molecular flexibility index (Phi) is 3.91. The third kappa shape index (κ3) is 2.53. The zero-order chi connectivity index (χ0) is 14.9. The van der Waals surface area contributed by atoms with Crippen LogP contribution in [0.2, 0.25) is 0 Å². The Morgan fingerprint density at radius 3 is 2.57 bits per heavy atom. The van der Waals surface area contributed by atoms with Crippen molar-refractivity contribution in [3.05, 3.63) is 29.8 Å². The first-order chi connectivity index (χ1) is 10.1. The number of nitriles is 1. The predicted octanol–water partition coefficient (Wildman–Crippen LogP) is 4.50. The summed E-state index contributed by atoms with van der Waals surface area (Å²) in [4.78, 5) is 0. The van der Waals surface area contributed by atoms with E-state index in [1.165, 1.54) is 43.6 Å². The van der Waals surface area contributed by atoms with Crippen LogP contribution in [-0.2, 0) is 0 Å². The van der Waals surface area contributed by atoms with Gasteiger partial charge in [-0.05, 0) is 61.3 Å². The minimum Gasteiger partial charge on any atom is -0.288 e. The van der Waals surface area contributed by atoms with Crippen LogP contribution >= 0.6 is 0 Å². The Bertz CT molecular complexity index is 531. The average Bonchev–Trinajstić information content (AvgIpc) is 2.53. The van der Waals surface area contributed by atoms with Gasteiger partial charge in [-0.2, -0.15) is 5.26 Å². The number of fused-ring (bicyclic) bond motifs is 1. The number of rotatable bonds is 2. The van der Waals surface area contributed by atoms with Crippen LogP contribution in [-0.4, -0.2) is 11.2 Å². The van der Waals surface area contributed by atoms with Crippen LogP contribution in [0.1, 0.15) is 57.4 Å². The molecule has 2 aliphatic carbocycles. The summed E-state index contributed by atoms with van der Waals surface area (Å²) in [6.07, 6.45) is 8.74. The summed E-state index contributed by atoms with van der Waals surface area (Å²) in [6, 6.07) is 9.59. The first-order valence-corrected chi connectivity index (χ1v) is 8.13. The van der Waals surface area contributed by atoms with Crippen molar-refractivity contribution in [1.82, 2.24) is 0 Å². The zero-order valence-electron chi connectivity index (χ0n) is 12.8. The summed E-state index contributed by atoms with van der Waals surface area (Å²) in [5, 5.41) is 21.1. The minimum absolute atomic E-state index is 0.199. The highest BCUT2D eigenvalue weighted by Gasteiger charge is 2.47. The van der Waals surface area contributed by atoms with E-state index in [0.29, 0.717) is 5.56 Å². The number of hydroxylamine groups is 1. The third-order valence-corrected chi connectivity index (χ3v) is 5.80. The smallest absolute Gasteiger partial charge is 0.0991 e. The van der Waals surface area contributed by atoms with Crippen LogP contribution in [0.25, 0.3) is 0 Å². The maximum atomic E-state index is 10.8. The third-order valence-electron chi connectivity index (χ3n) is 5.80. The van der Waals surface area contributed by atoms with E-state index in [1.807, 2.05) is 12.1 Å². The highest BCUT2D eigenvalue weighted by Crippen LogP contribution is 2.52. The maximum absolute atomic E-state index is 10.8. The van der Waals surface area contributed by atoms with Gasteiger partial charge in [-0.1, -0.05) is 26.2 Å². The molecule has 2 fully saturated rings. The molecule has 0 spiro atoms. The predicted molar refractivity (Wildman–Crippen MR) is 83.1 cm³/mol. The molecule has 1 aromatic carbocycles. The lowest BCUT2D eigenvalue weighted by molar-refractivity contribution is 0.00283. The molecule has 3 nitrogen and oxygen atoms in total. The molecule has 2 saturated carbocycles. The molecular formula is C18H24N2O. The summed E-state index contributed by atoms with van der Waals surface area (Å²) in [5.41, 5.74) is 1.67. The molecule has 3 heteroatoms. The maximum Gasteiger partial charge on any atom is 0.0991 e. The van der Waals surface area contributed by atoms with Gasteiger partial charge in [0.05, 0.1) is 23.4 Å². The average molecular weight is 284 g/mol. The lowest BCUT2D eigenvalue weighted by Crippen LogP contribution is -2.52. The van der Waals surface area contributed by atoms with E-state index in [-0.39, 0.29) is 11.5 Å². The van der Waals surface area contributed by atoms with Crippen LogP contribution < -0.4 is 5.06 Å². The van der Waals surface area contributed by atoms with Crippen LogP contribution in [0.3, 0.4) is 0 Å². The monoisotopic (exact) mass is 284 g/mol. The Hall–Kier alpha value is -1.53. The number of nitrogens with zero attached hydrogens (tertiary/aromatic N) is 2. The summed E-state index contributed by atoms with van der Waals surface area (Å²) in [5.74, 6) is 0.748.